The Morgan fingerprint density at radius 1 is 1.17 bits per heavy atom. The molecule has 0 aliphatic carbocycles. The molecule has 0 unspecified atom stereocenters. The van der Waals surface area contributed by atoms with E-state index in [4.69, 9.17) is 16.3 Å². The minimum atomic E-state index is -3.80. The molecule has 7 heteroatoms. The summed E-state index contributed by atoms with van der Waals surface area (Å²) in [5.41, 5.74) is 1.55. The quantitative estimate of drug-likeness (QED) is 0.833. The zero-order valence-corrected chi connectivity index (χ0v) is 14.2. The molecule has 0 saturated heterocycles. The van der Waals surface area contributed by atoms with Gasteiger partial charge in [0.2, 0.25) is 0 Å². The lowest BCUT2D eigenvalue weighted by atomic mass is 10.2. The summed E-state index contributed by atoms with van der Waals surface area (Å²) in [6.07, 6.45) is 0. The maximum Gasteiger partial charge on any atom is 0.338 e. The van der Waals surface area contributed by atoms with Crippen LogP contribution in [0.3, 0.4) is 0 Å². The van der Waals surface area contributed by atoms with Gasteiger partial charge in [0, 0.05) is 5.69 Å². The van der Waals surface area contributed by atoms with Crippen LogP contribution in [0, 0.1) is 6.92 Å². The smallest absolute Gasteiger partial charge is 0.338 e. The topological polar surface area (TPSA) is 72.5 Å². The largest absolute Gasteiger partial charge is 0.462 e. The fourth-order valence-electron chi connectivity index (χ4n) is 1.92. The first-order valence-corrected chi connectivity index (χ1v) is 8.76. The zero-order valence-electron chi connectivity index (χ0n) is 12.7. The molecule has 0 aliphatic rings. The number of halogens is 1. The summed E-state index contributed by atoms with van der Waals surface area (Å²) in [7, 11) is -3.80. The Bertz CT molecular complexity index is 816. The highest BCUT2D eigenvalue weighted by Crippen LogP contribution is 2.25. The van der Waals surface area contributed by atoms with E-state index in [9.17, 15) is 13.2 Å². The van der Waals surface area contributed by atoms with Crippen molar-refractivity contribution in [2.45, 2.75) is 18.7 Å². The molecule has 2 aromatic rings. The summed E-state index contributed by atoms with van der Waals surface area (Å²) < 4.78 is 32.0. The van der Waals surface area contributed by atoms with Crippen molar-refractivity contribution >= 4 is 33.3 Å². The average molecular weight is 354 g/mol. The Morgan fingerprint density at radius 2 is 1.83 bits per heavy atom. The second-order valence-electron chi connectivity index (χ2n) is 4.84. The molecule has 1 N–H and O–H groups in total. The van der Waals surface area contributed by atoms with Gasteiger partial charge in [-0.1, -0.05) is 17.7 Å². The molecule has 0 fully saturated rings. The van der Waals surface area contributed by atoms with Crippen molar-refractivity contribution in [2.75, 3.05) is 11.3 Å². The highest BCUT2D eigenvalue weighted by Gasteiger charge is 2.18. The number of esters is 1. The third-order valence-corrected chi connectivity index (χ3v) is 4.89. The first kappa shape index (κ1) is 17.3. The van der Waals surface area contributed by atoms with Gasteiger partial charge in [0.1, 0.15) is 4.90 Å². The molecule has 0 amide bonds. The second-order valence-corrected chi connectivity index (χ2v) is 6.90. The number of aryl methyl sites for hydroxylation is 1. The summed E-state index contributed by atoms with van der Waals surface area (Å²) in [5, 5.41) is 0.153. The molecule has 0 radical (unpaired) electrons. The predicted octanol–water partition coefficient (Wildman–Crippen LogP) is 3.63. The van der Waals surface area contributed by atoms with Crippen LogP contribution in [-0.2, 0) is 14.8 Å². The van der Waals surface area contributed by atoms with E-state index >= 15 is 0 Å². The van der Waals surface area contributed by atoms with E-state index in [0.29, 0.717) is 11.3 Å². The van der Waals surface area contributed by atoms with Gasteiger partial charge in [0.05, 0.1) is 17.2 Å². The molecule has 0 saturated carbocycles. The van der Waals surface area contributed by atoms with E-state index in [1.54, 1.807) is 19.1 Å². The van der Waals surface area contributed by atoms with E-state index in [1.807, 2.05) is 6.92 Å². The molecule has 0 aromatic heterocycles. The first-order valence-electron chi connectivity index (χ1n) is 6.89. The second kappa shape index (κ2) is 7.02. The highest BCUT2D eigenvalue weighted by molar-refractivity contribution is 7.92. The van der Waals surface area contributed by atoms with Crippen LogP contribution in [-0.4, -0.2) is 21.0 Å². The van der Waals surface area contributed by atoms with Crippen molar-refractivity contribution in [1.82, 2.24) is 0 Å². The molecule has 2 rings (SSSR count). The third kappa shape index (κ3) is 4.24. The fourth-order valence-corrected chi connectivity index (χ4v) is 3.58. The van der Waals surface area contributed by atoms with Crippen LogP contribution in [0.25, 0.3) is 0 Å². The van der Waals surface area contributed by atoms with Gasteiger partial charge in [-0.15, -0.1) is 0 Å². The number of nitrogens with one attached hydrogen (secondary N) is 1. The highest BCUT2D eigenvalue weighted by atomic mass is 35.5. The molecule has 122 valence electrons. The summed E-state index contributed by atoms with van der Waals surface area (Å²) in [6.45, 7) is 3.81. The standard InChI is InChI=1S/C16H16ClNO4S/c1-3-22-16(19)12-5-7-13(8-6-12)18-23(20,21)15-9-4-11(2)10-14(15)17/h4-10,18H,3H2,1-2H3. The number of hydrogen-bond donors (Lipinski definition) is 1. The van der Waals surface area contributed by atoms with Crippen molar-refractivity contribution < 1.29 is 17.9 Å². The van der Waals surface area contributed by atoms with Crippen LogP contribution in [0.2, 0.25) is 5.02 Å². The molecule has 0 spiro atoms. The maximum atomic E-state index is 12.4. The van der Waals surface area contributed by atoms with Gasteiger partial charge < -0.3 is 4.74 Å². The lowest BCUT2D eigenvalue weighted by Crippen LogP contribution is -2.13. The summed E-state index contributed by atoms with van der Waals surface area (Å²) in [6, 6.07) is 10.7. The van der Waals surface area contributed by atoms with Crippen molar-refractivity contribution in [3.8, 4) is 0 Å². The lowest BCUT2D eigenvalue weighted by Gasteiger charge is -2.10. The van der Waals surface area contributed by atoms with E-state index in [-0.39, 0.29) is 16.5 Å². The normalized spacial score (nSPS) is 11.1. The number of benzene rings is 2. The van der Waals surface area contributed by atoms with Crippen molar-refractivity contribution in [1.29, 1.82) is 0 Å². The number of ether oxygens (including phenoxy) is 1. The summed E-state index contributed by atoms with van der Waals surface area (Å²) in [4.78, 5) is 11.6. The molecule has 2 aromatic carbocycles. The Labute approximate surface area is 140 Å². The number of rotatable bonds is 5. The van der Waals surface area contributed by atoms with Gasteiger partial charge in [0.25, 0.3) is 10.0 Å². The van der Waals surface area contributed by atoms with Crippen molar-refractivity contribution in [2.24, 2.45) is 0 Å². The van der Waals surface area contributed by atoms with Gasteiger partial charge in [-0.3, -0.25) is 4.72 Å². The average Bonchev–Trinajstić information content (AvgIpc) is 2.47. The minimum absolute atomic E-state index is 0.000707. The monoisotopic (exact) mass is 353 g/mol. The molecule has 23 heavy (non-hydrogen) atoms. The Balaban J connectivity index is 2.22. The van der Waals surface area contributed by atoms with E-state index in [1.165, 1.54) is 30.3 Å². The number of carbonyl (C=O) groups is 1. The fraction of sp³-hybridized carbons (Fsp3) is 0.188. The molecular formula is C16H16ClNO4S. The summed E-state index contributed by atoms with van der Waals surface area (Å²) >= 11 is 6.00. The number of anilines is 1. The number of sulfonamides is 1. The van der Waals surface area contributed by atoms with Gasteiger partial charge in [-0.25, -0.2) is 13.2 Å². The SMILES string of the molecule is CCOC(=O)c1ccc(NS(=O)(=O)c2ccc(C)cc2Cl)cc1. The van der Waals surface area contributed by atoms with Gasteiger partial charge in [-0.05, 0) is 55.8 Å². The Hall–Kier alpha value is -2.05. The molecular weight excluding hydrogens is 338 g/mol. The van der Waals surface area contributed by atoms with Crippen molar-refractivity contribution in [3.63, 3.8) is 0 Å². The molecule has 0 bridgehead atoms. The van der Waals surface area contributed by atoms with E-state index in [0.717, 1.165) is 5.56 Å². The summed E-state index contributed by atoms with van der Waals surface area (Å²) in [5.74, 6) is -0.455. The van der Waals surface area contributed by atoms with Gasteiger partial charge >= 0.3 is 5.97 Å². The Kier molecular flexibility index (Phi) is 5.28. The zero-order chi connectivity index (χ0) is 17.0. The number of carbonyl (C=O) groups excluding carboxylic acids is 1. The number of hydrogen-bond acceptors (Lipinski definition) is 4. The van der Waals surface area contributed by atoms with Crippen LogP contribution in [0.15, 0.2) is 47.4 Å². The van der Waals surface area contributed by atoms with Crippen LogP contribution in [0.5, 0.6) is 0 Å². The van der Waals surface area contributed by atoms with Gasteiger partial charge in [-0.2, -0.15) is 0 Å². The van der Waals surface area contributed by atoms with E-state index in [2.05, 4.69) is 4.72 Å². The molecule has 0 heterocycles. The van der Waals surface area contributed by atoms with Gasteiger partial charge in [0.15, 0.2) is 0 Å². The first-order chi connectivity index (χ1) is 10.8. The van der Waals surface area contributed by atoms with Crippen molar-refractivity contribution in [3.05, 3.63) is 58.6 Å². The van der Waals surface area contributed by atoms with Crippen LogP contribution in [0.4, 0.5) is 5.69 Å². The minimum Gasteiger partial charge on any atom is -0.462 e. The van der Waals surface area contributed by atoms with Crippen LogP contribution < -0.4 is 4.72 Å². The van der Waals surface area contributed by atoms with Crippen LogP contribution >= 0.6 is 11.6 Å². The van der Waals surface area contributed by atoms with E-state index < -0.39 is 16.0 Å². The molecule has 0 atom stereocenters. The molecule has 5 nitrogen and oxygen atoms in total. The molecule has 0 aliphatic heterocycles. The third-order valence-electron chi connectivity index (χ3n) is 3.03. The predicted molar refractivity (Wildman–Crippen MR) is 89.4 cm³/mol. The maximum absolute atomic E-state index is 12.4. The van der Waals surface area contributed by atoms with Crippen LogP contribution in [0.1, 0.15) is 22.8 Å². The lowest BCUT2D eigenvalue weighted by molar-refractivity contribution is 0.0526. The Morgan fingerprint density at radius 3 is 2.39 bits per heavy atom.